The van der Waals surface area contributed by atoms with E-state index in [1.54, 1.807) is 7.11 Å². The molecule has 0 aliphatic rings. The van der Waals surface area contributed by atoms with Gasteiger partial charge in [-0.25, -0.2) is 0 Å². The third-order valence-electron chi connectivity index (χ3n) is 2.96. The van der Waals surface area contributed by atoms with Gasteiger partial charge in [0, 0.05) is 22.8 Å². The third-order valence-corrected chi connectivity index (χ3v) is 3.83. The number of ether oxygens (including phenoxy) is 1. The molecule has 2 aromatic carbocycles. The van der Waals surface area contributed by atoms with Gasteiger partial charge in [0.2, 0.25) is 0 Å². The van der Waals surface area contributed by atoms with Crippen molar-refractivity contribution >= 4 is 34.0 Å². The molecular formula is C15H17IN2O. The first-order valence-corrected chi connectivity index (χ1v) is 7.07. The maximum Gasteiger partial charge on any atom is 0.118 e. The van der Waals surface area contributed by atoms with Crippen LogP contribution in [0.5, 0.6) is 5.75 Å². The van der Waals surface area contributed by atoms with E-state index in [9.17, 15) is 0 Å². The Morgan fingerprint density at radius 2 is 1.84 bits per heavy atom. The van der Waals surface area contributed by atoms with Crippen LogP contribution in [0.25, 0.3) is 0 Å². The van der Waals surface area contributed by atoms with Crippen LogP contribution in [0.1, 0.15) is 5.56 Å². The second kappa shape index (κ2) is 6.14. The minimum absolute atomic E-state index is 0.797. The summed E-state index contributed by atoms with van der Waals surface area (Å²) in [7, 11) is 3.76. The lowest BCUT2D eigenvalue weighted by Gasteiger charge is -2.21. The highest BCUT2D eigenvalue weighted by Crippen LogP contribution is 2.25. The van der Waals surface area contributed by atoms with Crippen LogP contribution in [0.3, 0.4) is 0 Å². The van der Waals surface area contributed by atoms with E-state index in [1.807, 2.05) is 24.3 Å². The highest BCUT2D eigenvalue weighted by Gasteiger charge is 2.06. The first-order chi connectivity index (χ1) is 9.10. The van der Waals surface area contributed by atoms with E-state index in [2.05, 4.69) is 52.7 Å². The number of anilines is 2. The van der Waals surface area contributed by atoms with Gasteiger partial charge < -0.3 is 15.4 Å². The van der Waals surface area contributed by atoms with E-state index < -0.39 is 0 Å². The molecule has 0 saturated heterocycles. The first kappa shape index (κ1) is 14.0. The number of benzene rings is 2. The molecule has 0 bridgehead atoms. The lowest BCUT2D eigenvalue weighted by molar-refractivity contribution is 0.414. The molecule has 0 unspecified atom stereocenters. The lowest BCUT2D eigenvalue weighted by Crippen LogP contribution is -2.17. The van der Waals surface area contributed by atoms with Crippen molar-refractivity contribution in [2.75, 3.05) is 24.8 Å². The van der Waals surface area contributed by atoms with Crippen molar-refractivity contribution in [3.8, 4) is 5.75 Å². The van der Waals surface area contributed by atoms with Crippen LogP contribution in [0.4, 0.5) is 11.4 Å². The number of hydrogen-bond acceptors (Lipinski definition) is 3. The molecule has 100 valence electrons. The van der Waals surface area contributed by atoms with Gasteiger partial charge in [0.15, 0.2) is 0 Å². The van der Waals surface area contributed by atoms with Crippen molar-refractivity contribution in [1.82, 2.24) is 0 Å². The predicted molar refractivity (Wildman–Crippen MR) is 88.7 cm³/mol. The summed E-state index contributed by atoms with van der Waals surface area (Å²) >= 11 is 2.31. The Morgan fingerprint density at radius 3 is 2.42 bits per heavy atom. The van der Waals surface area contributed by atoms with Crippen LogP contribution >= 0.6 is 22.6 Å². The molecule has 0 aromatic heterocycles. The van der Waals surface area contributed by atoms with Crippen molar-refractivity contribution < 1.29 is 4.74 Å². The second-order valence-corrected chi connectivity index (χ2v) is 5.58. The second-order valence-electron chi connectivity index (χ2n) is 4.41. The maximum absolute atomic E-state index is 5.77. The summed E-state index contributed by atoms with van der Waals surface area (Å²) in [5.41, 5.74) is 9.00. The number of hydrogen-bond donors (Lipinski definition) is 1. The summed E-state index contributed by atoms with van der Waals surface area (Å²) in [5, 5.41) is 0. The number of methoxy groups -OCH3 is 1. The SMILES string of the molecule is COc1ccc(CN(C)c2ccc(N)cc2I)cc1. The van der Waals surface area contributed by atoms with Crippen LogP contribution in [0.2, 0.25) is 0 Å². The minimum atomic E-state index is 0.797. The summed E-state index contributed by atoms with van der Waals surface area (Å²) in [6.07, 6.45) is 0. The number of nitrogens with zero attached hydrogens (tertiary/aromatic N) is 1. The standard InChI is InChI=1S/C15H17IN2O/c1-18(15-8-5-12(17)9-14(15)16)10-11-3-6-13(19-2)7-4-11/h3-9H,10,17H2,1-2H3. The van der Waals surface area contributed by atoms with E-state index in [0.29, 0.717) is 0 Å². The van der Waals surface area contributed by atoms with Crippen molar-refractivity contribution in [2.45, 2.75) is 6.54 Å². The summed E-state index contributed by atoms with van der Waals surface area (Å²) < 4.78 is 6.32. The number of nitrogens with two attached hydrogens (primary N) is 1. The predicted octanol–water partition coefficient (Wildman–Crippen LogP) is 3.52. The molecule has 0 fully saturated rings. The van der Waals surface area contributed by atoms with Crippen molar-refractivity contribution in [3.63, 3.8) is 0 Å². The van der Waals surface area contributed by atoms with E-state index in [4.69, 9.17) is 10.5 Å². The highest BCUT2D eigenvalue weighted by atomic mass is 127. The number of nitrogen functional groups attached to an aromatic ring is 1. The van der Waals surface area contributed by atoms with Gasteiger partial charge in [-0.05, 0) is 58.5 Å². The monoisotopic (exact) mass is 368 g/mol. The molecule has 4 heteroatoms. The Morgan fingerprint density at radius 1 is 1.16 bits per heavy atom. The van der Waals surface area contributed by atoms with Gasteiger partial charge in [-0.1, -0.05) is 12.1 Å². The summed E-state index contributed by atoms with van der Waals surface area (Å²) in [4.78, 5) is 2.21. The number of rotatable bonds is 4. The van der Waals surface area contributed by atoms with Crippen molar-refractivity contribution in [2.24, 2.45) is 0 Å². The van der Waals surface area contributed by atoms with Crippen LogP contribution in [0.15, 0.2) is 42.5 Å². The van der Waals surface area contributed by atoms with Crippen LogP contribution in [-0.2, 0) is 6.54 Å². The van der Waals surface area contributed by atoms with Crippen LogP contribution in [0, 0.1) is 3.57 Å². The van der Waals surface area contributed by atoms with E-state index in [-0.39, 0.29) is 0 Å². The Balaban J connectivity index is 2.13. The molecule has 0 atom stereocenters. The van der Waals surface area contributed by atoms with E-state index in [0.717, 1.165) is 21.6 Å². The molecule has 0 aliphatic heterocycles. The minimum Gasteiger partial charge on any atom is -0.497 e. The molecule has 0 spiro atoms. The molecule has 0 saturated carbocycles. The molecule has 3 nitrogen and oxygen atoms in total. The zero-order valence-electron chi connectivity index (χ0n) is 11.1. The maximum atomic E-state index is 5.77. The molecular weight excluding hydrogens is 351 g/mol. The summed E-state index contributed by atoms with van der Waals surface area (Å²) in [5.74, 6) is 0.883. The van der Waals surface area contributed by atoms with Gasteiger partial charge in [-0.2, -0.15) is 0 Å². The first-order valence-electron chi connectivity index (χ1n) is 5.99. The Labute approximate surface area is 127 Å². The highest BCUT2D eigenvalue weighted by molar-refractivity contribution is 14.1. The summed E-state index contributed by atoms with van der Waals surface area (Å²) in [6, 6.07) is 14.1. The molecule has 2 rings (SSSR count). The normalized spacial score (nSPS) is 10.3. The fourth-order valence-corrected chi connectivity index (χ4v) is 2.87. The molecule has 0 aliphatic carbocycles. The smallest absolute Gasteiger partial charge is 0.118 e. The lowest BCUT2D eigenvalue weighted by atomic mass is 10.2. The van der Waals surface area contributed by atoms with Gasteiger partial charge >= 0.3 is 0 Å². The molecule has 0 heterocycles. The average Bonchev–Trinajstić information content (AvgIpc) is 2.39. The van der Waals surface area contributed by atoms with Gasteiger partial charge in [0.05, 0.1) is 12.8 Å². The number of halogens is 1. The molecule has 2 N–H and O–H groups in total. The fourth-order valence-electron chi connectivity index (χ4n) is 1.92. The largest absolute Gasteiger partial charge is 0.497 e. The molecule has 0 amide bonds. The molecule has 2 aromatic rings. The zero-order valence-corrected chi connectivity index (χ0v) is 13.2. The van der Waals surface area contributed by atoms with Gasteiger partial charge in [-0.3, -0.25) is 0 Å². The van der Waals surface area contributed by atoms with Crippen molar-refractivity contribution in [1.29, 1.82) is 0 Å². The van der Waals surface area contributed by atoms with E-state index >= 15 is 0 Å². The third kappa shape index (κ3) is 3.53. The Kier molecular flexibility index (Phi) is 4.52. The van der Waals surface area contributed by atoms with Gasteiger partial charge in [0.1, 0.15) is 5.75 Å². The van der Waals surface area contributed by atoms with Crippen LogP contribution < -0.4 is 15.4 Å². The fraction of sp³-hybridized carbons (Fsp3) is 0.200. The van der Waals surface area contributed by atoms with Crippen LogP contribution in [-0.4, -0.2) is 14.2 Å². The molecule has 19 heavy (non-hydrogen) atoms. The van der Waals surface area contributed by atoms with Crippen molar-refractivity contribution in [3.05, 3.63) is 51.6 Å². The Hall–Kier alpha value is -1.43. The molecule has 0 radical (unpaired) electrons. The van der Waals surface area contributed by atoms with E-state index in [1.165, 1.54) is 11.3 Å². The topological polar surface area (TPSA) is 38.5 Å². The average molecular weight is 368 g/mol. The zero-order chi connectivity index (χ0) is 13.8. The van der Waals surface area contributed by atoms with Gasteiger partial charge in [0.25, 0.3) is 0 Å². The quantitative estimate of drug-likeness (QED) is 0.663. The van der Waals surface area contributed by atoms with Gasteiger partial charge in [-0.15, -0.1) is 0 Å². The summed E-state index contributed by atoms with van der Waals surface area (Å²) in [6.45, 7) is 0.851. The Bertz CT molecular complexity index is 555.